The first kappa shape index (κ1) is 28.1. The summed E-state index contributed by atoms with van der Waals surface area (Å²) >= 11 is 0. The number of carbonyl (C=O) groups is 1. The molecule has 0 radical (unpaired) electrons. The van der Waals surface area contributed by atoms with Crippen LogP contribution in [0.5, 0.6) is 17.2 Å². The molecule has 192 valence electrons. The molecule has 6 N–H and O–H groups in total. The van der Waals surface area contributed by atoms with Crippen molar-refractivity contribution in [1.29, 1.82) is 5.41 Å². The maximum absolute atomic E-state index is 12.1. The van der Waals surface area contributed by atoms with Gasteiger partial charge in [-0.25, -0.2) is 0 Å². The predicted octanol–water partition coefficient (Wildman–Crippen LogP) is 4.49. The number of unbranched alkanes of at least 4 members (excludes halogenated alkanes) is 1. The SMILES string of the molecule is Cc1c(C)c2c(c(C)c1O)CCC(C)(CCCCNC(=O)COc1ccc(NC(=N)N)cc1)O2.Cl. The van der Waals surface area contributed by atoms with Crippen LogP contribution in [0, 0.1) is 26.2 Å². The minimum Gasteiger partial charge on any atom is -0.507 e. The number of halogens is 1. The quantitative estimate of drug-likeness (QED) is 0.194. The van der Waals surface area contributed by atoms with Gasteiger partial charge >= 0.3 is 0 Å². The Bertz CT molecular complexity index is 1060. The highest BCUT2D eigenvalue weighted by Gasteiger charge is 2.34. The molecule has 3 rings (SSSR count). The van der Waals surface area contributed by atoms with E-state index < -0.39 is 0 Å². The van der Waals surface area contributed by atoms with E-state index in [9.17, 15) is 9.90 Å². The number of anilines is 1. The molecule has 0 aromatic heterocycles. The van der Waals surface area contributed by atoms with E-state index >= 15 is 0 Å². The summed E-state index contributed by atoms with van der Waals surface area (Å²) in [5, 5.41) is 23.1. The molecule has 1 atom stereocenters. The van der Waals surface area contributed by atoms with Crippen molar-refractivity contribution in [2.24, 2.45) is 5.73 Å². The van der Waals surface area contributed by atoms with Gasteiger partial charge in [0.2, 0.25) is 0 Å². The van der Waals surface area contributed by atoms with Gasteiger partial charge in [0.1, 0.15) is 22.8 Å². The lowest BCUT2D eigenvalue weighted by molar-refractivity contribution is -0.123. The molecule has 0 saturated heterocycles. The molecule has 0 spiro atoms. The normalized spacial score (nSPS) is 16.3. The number of guanidine groups is 1. The molecule has 8 nitrogen and oxygen atoms in total. The van der Waals surface area contributed by atoms with Gasteiger partial charge in [0, 0.05) is 17.8 Å². The average molecular weight is 505 g/mol. The largest absolute Gasteiger partial charge is 0.507 e. The van der Waals surface area contributed by atoms with Crippen molar-refractivity contribution in [3.05, 3.63) is 46.5 Å². The van der Waals surface area contributed by atoms with E-state index in [2.05, 4.69) is 17.6 Å². The second kappa shape index (κ2) is 12.0. The van der Waals surface area contributed by atoms with Crippen LogP contribution in [-0.4, -0.2) is 35.7 Å². The Morgan fingerprint density at radius 1 is 1.17 bits per heavy atom. The number of nitrogens with two attached hydrogens (primary N) is 1. The molecule has 1 amide bonds. The molecule has 0 saturated carbocycles. The maximum atomic E-state index is 12.1. The Hall–Kier alpha value is -3.13. The number of hydrogen-bond acceptors (Lipinski definition) is 5. The van der Waals surface area contributed by atoms with Crippen LogP contribution < -0.4 is 25.8 Å². The Balaban J connectivity index is 0.00000432. The third kappa shape index (κ3) is 7.18. The third-order valence-corrected chi connectivity index (χ3v) is 6.55. The molecule has 2 aromatic carbocycles. The van der Waals surface area contributed by atoms with Crippen molar-refractivity contribution >= 4 is 30.0 Å². The van der Waals surface area contributed by atoms with Crippen LogP contribution >= 0.6 is 12.4 Å². The number of nitrogens with one attached hydrogen (secondary N) is 3. The lowest BCUT2D eigenvalue weighted by Gasteiger charge is -2.38. The van der Waals surface area contributed by atoms with Crippen molar-refractivity contribution in [2.45, 2.75) is 65.4 Å². The Kier molecular flexibility index (Phi) is 9.65. The summed E-state index contributed by atoms with van der Waals surface area (Å²) in [5.41, 5.74) is 9.67. The van der Waals surface area contributed by atoms with E-state index in [1.807, 2.05) is 20.8 Å². The van der Waals surface area contributed by atoms with Crippen LogP contribution in [0.4, 0.5) is 5.69 Å². The smallest absolute Gasteiger partial charge is 0.257 e. The first-order valence-corrected chi connectivity index (χ1v) is 11.7. The molecule has 35 heavy (non-hydrogen) atoms. The topological polar surface area (TPSA) is 130 Å². The molecule has 1 unspecified atom stereocenters. The van der Waals surface area contributed by atoms with E-state index in [-0.39, 0.29) is 36.5 Å². The molecular formula is C26H37ClN4O4. The van der Waals surface area contributed by atoms with Gasteiger partial charge in [-0.3, -0.25) is 10.2 Å². The summed E-state index contributed by atoms with van der Waals surface area (Å²) in [4.78, 5) is 12.1. The van der Waals surface area contributed by atoms with Gasteiger partial charge in [0.15, 0.2) is 12.6 Å². The standard InChI is InChI=1S/C26H36N4O4.ClH/c1-16-17(2)24-21(18(3)23(16)32)11-13-26(4,34-24)12-5-6-14-29-22(31)15-33-20-9-7-19(8-10-20)30-25(27)28;/h7-10,32H,5-6,11-15H2,1-4H3,(H,29,31)(H4,27,28,30);1H. The summed E-state index contributed by atoms with van der Waals surface area (Å²) in [6, 6.07) is 6.89. The number of phenolic OH excluding ortho intramolecular Hbond substituents is 1. The van der Waals surface area contributed by atoms with Crippen molar-refractivity contribution in [2.75, 3.05) is 18.5 Å². The molecule has 9 heteroatoms. The molecular weight excluding hydrogens is 468 g/mol. The van der Waals surface area contributed by atoms with Crippen LogP contribution in [0.15, 0.2) is 24.3 Å². The minimum absolute atomic E-state index is 0. The second-order valence-electron chi connectivity index (χ2n) is 9.24. The highest BCUT2D eigenvalue weighted by Crippen LogP contribution is 2.44. The molecule has 0 bridgehead atoms. The number of aromatic hydroxyl groups is 1. The number of rotatable bonds is 9. The zero-order valence-electron chi connectivity index (χ0n) is 20.9. The highest BCUT2D eigenvalue weighted by atomic mass is 35.5. The van der Waals surface area contributed by atoms with Crippen molar-refractivity contribution in [3.8, 4) is 17.2 Å². The van der Waals surface area contributed by atoms with Crippen LogP contribution in [0.3, 0.4) is 0 Å². The van der Waals surface area contributed by atoms with Crippen molar-refractivity contribution < 1.29 is 19.4 Å². The summed E-state index contributed by atoms with van der Waals surface area (Å²) in [6.45, 7) is 8.58. The number of phenols is 1. The number of hydrogen-bond donors (Lipinski definition) is 5. The van der Waals surface area contributed by atoms with E-state index in [1.54, 1.807) is 24.3 Å². The van der Waals surface area contributed by atoms with Gasteiger partial charge in [0.25, 0.3) is 5.91 Å². The Labute approximate surface area is 213 Å². The maximum Gasteiger partial charge on any atom is 0.257 e. The van der Waals surface area contributed by atoms with Gasteiger partial charge in [-0.1, -0.05) is 0 Å². The first-order chi connectivity index (χ1) is 16.1. The number of benzene rings is 2. The summed E-state index contributed by atoms with van der Waals surface area (Å²) in [7, 11) is 0. The average Bonchev–Trinajstić information content (AvgIpc) is 2.80. The van der Waals surface area contributed by atoms with Crippen LogP contribution in [0.2, 0.25) is 0 Å². The highest BCUT2D eigenvalue weighted by molar-refractivity contribution is 5.89. The van der Waals surface area contributed by atoms with E-state index in [0.29, 0.717) is 23.7 Å². The Morgan fingerprint density at radius 2 is 1.86 bits per heavy atom. The number of amides is 1. The van der Waals surface area contributed by atoms with Gasteiger partial charge in [-0.05, 0) is 101 Å². The number of ether oxygens (including phenoxy) is 2. The first-order valence-electron chi connectivity index (χ1n) is 11.7. The molecule has 1 aliphatic rings. The van der Waals surface area contributed by atoms with Crippen LogP contribution in [-0.2, 0) is 11.2 Å². The summed E-state index contributed by atoms with van der Waals surface area (Å²) in [6.07, 6.45) is 4.50. The van der Waals surface area contributed by atoms with Crippen molar-refractivity contribution in [1.82, 2.24) is 5.32 Å². The predicted molar refractivity (Wildman–Crippen MR) is 141 cm³/mol. The lowest BCUT2D eigenvalue weighted by Crippen LogP contribution is -2.37. The van der Waals surface area contributed by atoms with Crippen LogP contribution in [0.1, 0.15) is 54.9 Å². The van der Waals surface area contributed by atoms with Gasteiger partial charge < -0.3 is 30.9 Å². The fourth-order valence-corrected chi connectivity index (χ4v) is 4.31. The number of carbonyl (C=O) groups excluding carboxylic acids is 1. The van der Waals surface area contributed by atoms with Gasteiger partial charge in [0.05, 0.1) is 0 Å². The monoisotopic (exact) mass is 504 g/mol. The summed E-state index contributed by atoms with van der Waals surface area (Å²) in [5.74, 6) is 1.58. The Morgan fingerprint density at radius 3 is 2.51 bits per heavy atom. The number of fused-ring (bicyclic) bond motifs is 1. The van der Waals surface area contributed by atoms with Gasteiger partial charge in [-0.2, -0.15) is 0 Å². The third-order valence-electron chi connectivity index (χ3n) is 6.55. The fraction of sp³-hybridized carbons (Fsp3) is 0.462. The van der Waals surface area contributed by atoms with Crippen molar-refractivity contribution in [3.63, 3.8) is 0 Å². The molecule has 0 aliphatic carbocycles. The van der Waals surface area contributed by atoms with Crippen LogP contribution in [0.25, 0.3) is 0 Å². The van der Waals surface area contributed by atoms with E-state index in [4.69, 9.17) is 20.6 Å². The molecule has 1 heterocycles. The zero-order valence-corrected chi connectivity index (χ0v) is 21.7. The molecule has 0 fully saturated rings. The van der Waals surface area contributed by atoms with E-state index in [0.717, 1.165) is 60.1 Å². The van der Waals surface area contributed by atoms with E-state index in [1.165, 1.54) is 0 Å². The minimum atomic E-state index is -0.246. The fourth-order valence-electron chi connectivity index (χ4n) is 4.31. The second-order valence-corrected chi connectivity index (χ2v) is 9.24. The molecule has 2 aromatic rings. The zero-order chi connectivity index (χ0) is 24.9. The summed E-state index contributed by atoms with van der Waals surface area (Å²) < 4.78 is 12.0. The molecule has 1 aliphatic heterocycles. The van der Waals surface area contributed by atoms with Gasteiger partial charge in [-0.15, -0.1) is 12.4 Å². The lowest BCUT2D eigenvalue weighted by atomic mass is 9.85.